The van der Waals surface area contributed by atoms with Crippen molar-refractivity contribution >= 4 is 29.3 Å². The van der Waals surface area contributed by atoms with Crippen LogP contribution in [0, 0.1) is 5.92 Å². The summed E-state index contributed by atoms with van der Waals surface area (Å²) >= 11 is 0. The van der Waals surface area contributed by atoms with Gasteiger partial charge in [-0.25, -0.2) is 9.59 Å². The average molecular weight is 501 g/mol. The Morgan fingerprint density at radius 1 is 0.865 bits per heavy atom. The summed E-state index contributed by atoms with van der Waals surface area (Å²) in [5.74, 6) is -0.487. The maximum atomic E-state index is 12.8. The van der Waals surface area contributed by atoms with E-state index in [2.05, 4.69) is 39.9 Å². The molecule has 0 saturated carbocycles. The summed E-state index contributed by atoms with van der Waals surface area (Å²) in [6.45, 7) is 6.68. The SMILES string of the molecule is CCOC(=O)c1cccc(NC(=O)c2cccc(NC(=O)NC3CN(Cc4ccccc4)CC3C)c2)c1. The summed E-state index contributed by atoms with van der Waals surface area (Å²) in [7, 11) is 0. The van der Waals surface area contributed by atoms with Crippen LogP contribution in [0.15, 0.2) is 78.9 Å². The van der Waals surface area contributed by atoms with Gasteiger partial charge in [-0.2, -0.15) is 0 Å². The van der Waals surface area contributed by atoms with Crippen molar-refractivity contribution in [3.05, 3.63) is 95.6 Å². The Kier molecular flexibility index (Phi) is 8.53. The first-order valence-corrected chi connectivity index (χ1v) is 12.4. The van der Waals surface area contributed by atoms with E-state index in [0.717, 1.165) is 19.6 Å². The number of hydrogen-bond acceptors (Lipinski definition) is 5. The molecule has 2 unspecified atom stereocenters. The topological polar surface area (TPSA) is 99.8 Å². The number of nitrogens with one attached hydrogen (secondary N) is 3. The number of hydrogen-bond donors (Lipinski definition) is 3. The number of urea groups is 1. The fourth-order valence-corrected chi connectivity index (χ4v) is 4.44. The standard InChI is InChI=1S/C29H32N4O4/c1-3-37-28(35)23-12-8-13-24(16-23)30-27(34)22-11-7-14-25(15-22)31-29(36)32-26-19-33(17-20(26)2)18-21-9-5-4-6-10-21/h4-16,20,26H,3,17-19H2,1-2H3,(H,30,34)(H2,31,32,36). The maximum Gasteiger partial charge on any atom is 0.338 e. The Balaban J connectivity index is 1.32. The average Bonchev–Trinajstić information content (AvgIpc) is 3.23. The molecule has 3 aromatic carbocycles. The summed E-state index contributed by atoms with van der Waals surface area (Å²) in [6, 6.07) is 23.3. The van der Waals surface area contributed by atoms with Crippen LogP contribution in [0.25, 0.3) is 0 Å². The monoisotopic (exact) mass is 500 g/mol. The van der Waals surface area contributed by atoms with Gasteiger partial charge < -0.3 is 20.7 Å². The molecule has 1 saturated heterocycles. The number of ether oxygens (including phenoxy) is 1. The van der Waals surface area contributed by atoms with E-state index in [-0.39, 0.29) is 24.6 Å². The second kappa shape index (κ2) is 12.2. The molecule has 37 heavy (non-hydrogen) atoms. The molecular formula is C29H32N4O4. The van der Waals surface area contributed by atoms with Crippen LogP contribution in [0.5, 0.6) is 0 Å². The number of nitrogens with zero attached hydrogens (tertiary/aromatic N) is 1. The van der Waals surface area contributed by atoms with Gasteiger partial charge in [0, 0.05) is 42.6 Å². The van der Waals surface area contributed by atoms with Gasteiger partial charge in [0.1, 0.15) is 0 Å². The molecule has 3 N–H and O–H groups in total. The Bertz CT molecular complexity index is 1250. The van der Waals surface area contributed by atoms with Gasteiger partial charge in [0.05, 0.1) is 12.2 Å². The van der Waals surface area contributed by atoms with Gasteiger partial charge in [0.2, 0.25) is 0 Å². The van der Waals surface area contributed by atoms with E-state index < -0.39 is 5.97 Å². The highest BCUT2D eigenvalue weighted by Gasteiger charge is 2.30. The van der Waals surface area contributed by atoms with E-state index in [0.29, 0.717) is 28.4 Å². The first kappa shape index (κ1) is 25.9. The highest BCUT2D eigenvalue weighted by atomic mass is 16.5. The number of carbonyl (C=O) groups is 3. The number of esters is 1. The molecule has 192 valence electrons. The lowest BCUT2D eigenvalue weighted by molar-refractivity contribution is 0.0526. The molecule has 4 rings (SSSR count). The molecule has 3 amide bonds. The van der Waals surface area contributed by atoms with E-state index >= 15 is 0 Å². The second-order valence-electron chi connectivity index (χ2n) is 9.20. The van der Waals surface area contributed by atoms with Crippen molar-refractivity contribution in [3.63, 3.8) is 0 Å². The predicted molar refractivity (Wildman–Crippen MR) is 144 cm³/mol. The molecule has 1 fully saturated rings. The summed E-state index contributed by atoms with van der Waals surface area (Å²) in [5, 5.41) is 8.70. The van der Waals surface area contributed by atoms with Crippen LogP contribution in [0.4, 0.5) is 16.2 Å². The Morgan fingerprint density at radius 3 is 2.27 bits per heavy atom. The molecule has 0 spiro atoms. The molecule has 3 aromatic rings. The van der Waals surface area contributed by atoms with Gasteiger partial charge in [-0.15, -0.1) is 0 Å². The van der Waals surface area contributed by atoms with Gasteiger partial charge in [-0.3, -0.25) is 9.69 Å². The maximum absolute atomic E-state index is 12.8. The molecule has 0 bridgehead atoms. The lowest BCUT2D eigenvalue weighted by Gasteiger charge is -2.18. The highest BCUT2D eigenvalue weighted by Crippen LogP contribution is 2.20. The van der Waals surface area contributed by atoms with Crippen molar-refractivity contribution in [1.29, 1.82) is 0 Å². The Hall–Kier alpha value is -4.17. The van der Waals surface area contributed by atoms with Gasteiger partial charge in [0.25, 0.3) is 5.91 Å². The van der Waals surface area contributed by atoms with Crippen molar-refractivity contribution in [3.8, 4) is 0 Å². The van der Waals surface area contributed by atoms with Crippen molar-refractivity contribution in [2.75, 3.05) is 30.3 Å². The summed E-state index contributed by atoms with van der Waals surface area (Å²) in [4.78, 5) is 39.8. The third-order valence-electron chi connectivity index (χ3n) is 6.27. The van der Waals surface area contributed by atoms with Crippen molar-refractivity contribution in [2.24, 2.45) is 5.92 Å². The Labute approximate surface area is 217 Å². The summed E-state index contributed by atoms with van der Waals surface area (Å²) < 4.78 is 5.01. The first-order chi connectivity index (χ1) is 17.9. The third-order valence-corrected chi connectivity index (χ3v) is 6.27. The lowest BCUT2D eigenvalue weighted by atomic mass is 10.1. The van der Waals surface area contributed by atoms with Crippen LogP contribution in [-0.2, 0) is 11.3 Å². The molecule has 0 aliphatic carbocycles. The minimum Gasteiger partial charge on any atom is -0.462 e. The van der Waals surface area contributed by atoms with E-state index in [1.165, 1.54) is 5.56 Å². The fourth-order valence-electron chi connectivity index (χ4n) is 4.44. The molecule has 1 heterocycles. The quantitative estimate of drug-likeness (QED) is 0.388. The second-order valence-corrected chi connectivity index (χ2v) is 9.20. The molecule has 8 heteroatoms. The zero-order valence-corrected chi connectivity index (χ0v) is 21.1. The molecule has 0 aromatic heterocycles. The van der Waals surface area contributed by atoms with Gasteiger partial charge in [-0.1, -0.05) is 49.4 Å². The lowest BCUT2D eigenvalue weighted by Crippen LogP contribution is -2.42. The van der Waals surface area contributed by atoms with Crippen LogP contribution in [0.1, 0.15) is 40.1 Å². The number of anilines is 2. The number of rotatable bonds is 8. The molecule has 1 aliphatic heterocycles. The molecular weight excluding hydrogens is 468 g/mol. The van der Waals surface area contributed by atoms with E-state index in [4.69, 9.17) is 4.74 Å². The first-order valence-electron chi connectivity index (χ1n) is 12.4. The van der Waals surface area contributed by atoms with Crippen molar-refractivity contribution in [1.82, 2.24) is 10.2 Å². The van der Waals surface area contributed by atoms with Crippen LogP contribution in [0.2, 0.25) is 0 Å². The normalized spacial score (nSPS) is 17.1. The minimum atomic E-state index is -0.449. The number of likely N-dealkylation sites (tertiary alicyclic amines) is 1. The van der Waals surface area contributed by atoms with Gasteiger partial charge >= 0.3 is 12.0 Å². The van der Waals surface area contributed by atoms with E-state index in [9.17, 15) is 14.4 Å². The number of benzene rings is 3. The molecule has 1 aliphatic rings. The van der Waals surface area contributed by atoms with E-state index in [1.54, 1.807) is 55.5 Å². The molecule has 8 nitrogen and oxygen atoms in total. The molecule has 0 radical (unpaired) electrons. The largest absolute Gasteiger partial charge is 0.462 e. The third kappa shape index (κ3) is 7.17. The van der Waals surface area contributed by atoms with Gasteiger partial charge in [-0.05, 0) is 54.8 Å². The highest BCUT2D eigenvalue weighted by molar-refractivity contribution is 6.05. The molecule has 2 atom stereocenters. The Morgan fingerprint density at radius 2 is 1.54 bits per heavy atom. The zero-order valence-electron chi connectivity index (χ0n) is 21.1. The van der Waals surface area contributed by atoms with Crippen LogP contribution >= 0.6 is 0 Å². The fraction of sp³-hybridized carbons (Fsp3) is 0.276. The van der Waals surface area contributed by atoms with Crippen LogP contribution in [0.3, 0.4) is 0 Å². The van der Waals surface area contributed by atoms with Crippen LogP contribution < -0.4 is 16.0 Å². The number of amides is 3. The van der Waals surface area contributed by atoms with E-state index in [1.807, 2.05) is 18.2 Å². The smallest absolute Gasteiger partial charge is 0.338 e. The number of carbonyl (C=O) groups excluding carboxylic acids is 3. The van der Waals surface area contributed by atoms with Crippen molar-refractivity contribution in [2.45, 2.75) is 26.4 Å². The summed E-state index contributed by atoms with van der Waals surface area (Å²) in [5.41, 5.74) is 2.97. The zero-order chi connectivity index (χ0) is 26.2. The van der Waals surface area contributed by atoms with Crippen LogP contribution in [-0.4, -0.2) is 48.5 Å². The van der Waals surface area contributed by atoms with Crippen molar-refractivity contribution < 1.29 is 19.1 Å². The minimum absolute atomic E-state index is 0.0295. The summed E-state index contributed by atoms with van der Waals surface area (Å²) in [6.07, 6.45) is 0. The van der Waals surface area contributed by atoms with Gasteiger partial charge in [0.15, 0.2) is 0 Å². The predicted octanol–water partition coefficient (Wildman–Crippen LogP) is 4.76.